The molecule has 24 heavy (non-hydrogen) atoms. The molecule has 0 heterocycles. The first-order chi connectivity index (χ1) is 11.7. The number of aryl methyl sites for hydroxylation is 1. The van der Waals surface area contributed by atoms with Crippen LogP contribution in [0.4, 0.5) is 0 Å². The molecule has 1 aromatic rings. The second-order valence-corrected chi connectivity index (χ2v) is 5.08. The number of methoxy groups -OCH3 is 1. The van der Waals surface area contributed by atoms with E-state index >= 15 is 0 Å². The second kappa shape index (κ2) is 12.6. The Bertz CT molecular complexity index is 508. The summed E-state index contributed by atoms with van der Waals surface area (Å²) in [6.45, 7) is 10.5. The zero-order valence-electron chi connectivity index (χ0n) is 16.0. The molecule has 1 atom stereocenters. The Morgan fingerprint density at radius 3 is 2.38 bits per heavy atom. The third-order valence-corrected chi connectivity index (χ3v) is 3.64. The summed E-state index contributed by atoms with van der Waals surface area (Å²) in [5.74, 6) is -0.482. The molecule has 0 radical (unpaired) electrons. The fourth-order valence-corrected chi connectivity index (χ4v) is 2.52. The minimum Gasteiger partial charge on any atom is -0.465 e. The predicted octanol–water partition coefficient (Wildman–Crippen LogP) is 4.58. The van der Waals surface area contributed by atoms with Crippen LogP contribution >= 0.6 is 0 Å². The van der Waals surface area contributed by atoms with Crippen molar-refractivity contribution in [2.24, 2.45) is 5.92 Å². The molecule has 0 aliphatic heterocycles. The number of hydrogen-bond donors (Lipinski definition) is 0. The molecule has 0 aromatic heterocycles. The molecule has 2 rings (SSSR count). The van der Waals surface area contributed by atoms with Crippen molar-refractivity contribution >= 4 is 11.9 Å². The molecule has 4 nitrogen and oxygen atoms in total. The lowest BCUT2D eigenvalue weighted by molar-refractivity contribution is -0.148. The average molecular weight is 336 g/mol. The average Bonchev–Trinajstić information content (AvgIpc) is 2.67. The molecule has 0 saturated heterocycles. The van der Waals surface area contributed by atoms with Crippen molar-refractivity contribution in [2.75, 3.05) is 13.7 Å². The summed E-state index contributed by atoms with van der Waals surface area (Å²) in [5.41, 5.74) is 2.83. The van der Waals surface area contributed by atoms with Crippen LogP contribution < -0.4 is 0 Å². The van der Waals surface area contributed by atoms with Crippen molar-refractivity contribution in [1.82, 2.24) is 0 Å². The van der Waals surface area contributed by atoms with E-state index in [4.69, 9.17) is 9.47 Å². The quantitative estimate of drug-likeness (QED) is 0.755. The number of carbonyl (C=O) groups is 2. The molecule has 1 aromatic carbocycles. The fourth-order valence-electron chi connectivity index (χ4n) is 2.52. The third-order valence-electron chi connectivity index (χ3n) is 3.64. The van der Waals surface area contributed by atoms with Crippen LogP contribution in [-0.4, -0.2) is 25.7 Å². The number of rotatable bonds is 4. The molecule has 1 unspecified atom stereocenters. The lowest BCUT2D eigenvalue weighted by atomic mass is 9.83. The topological polar surface area (TPSA) is 52.6 Å². The molecule has 0 amide bonds. The molecule has 1 aliphatic carbocycles. The number of esters is 2. The number of benzene rings is 1. The van der Waals surface area contributed by atoms with Crippen molar-refractivity contribution in [3.8, 4) is 0 Å². The van der Waals surface area contributed by atoms with Gasteiger partial charge in [0.1, 0.15) is 0 Å². The van der Waals surface area contributed by atoms with Crippen LogP contribution in [0, 0.1) is 5.92 Å². The van der Waals surface area contributed by atoms with Crippen molar-refractivity contribution in [2.45, 2.75) is 60.3 Å². The molecule has 0 saturated carbocycles. The minimum absolute atomic E-state index is 0.0574. The van der Waals surface area contributed by atoms with E-state index in [-0.39, 0.29) is 17.9 Å². The van der Waals surface area contributed by atoms with Gasteiger partial charge in [0.2, 0.25) is 0 Å². The van der Waals surface area contributed by atoms with Crippen LogP contribution in [0.5, 0.6) is 0 Å². The van der Waals surface area contributed by atoms with E-state index in [1.807, 2.05) is 46.8 Å². The molecular formula is C20H32O4. The Morgan fingerprint density at radius 2 is 1.79 bits per heavy atom. The third kappa shape index (κ3) is 6.34. The normalized spacial score (nSPS) is 14.8. The Labute approximate surface area is 146 Å². The molecule has 0 N–H and O–H groups in total. The Balaban J connectivity index is 0.00000123. The standard InChI is InChI=1S/C16H20O4.2C2H6/c1-3-8-20-16(18)14-7-5-11-9-13(15(17)19-2)6-4-12(11)10-14;2*1-2/h4,6,9,14H,3,5,7-8,10H2,1-2H3;2*1-2H3. The van der Waals surface area contributed by atoms with Gasteiger partial charge in [0.15, 0.2) is 0 Å². The summed E-state index contributed by atoms with van der Waals surface area (Å²) in [4.78, 5) is 23.4. The van der Waals surface area contributed by atoms with E-state index in [1.165, 1.54) is 7.11 Å². The maximum absolute atomic E-state index is 11.9. The number of hydrogen-bond acceptors (Lipinski definition) is 4. The largest absolute Gasteiger partial charge is 0.465 e. The zero-order chi connectivity index (χ0) is 18.5. The van der Waals surface area contributed by atoms with Gasteiger partial charge in [-0.05, 0) is 48.9 Å². The van der Waals surface area contributed by atoms with Gasteiger partial charge in [-0.1, -0.05) is 40.7 Å². The van der Waals surface area contributed by atoms with E-state index in [1.54, 1.807) is 6.07 Å². The predicted molar refractivity (Wildman–Crippen MR) is 97.2 cm³/mol. The van der Waals surface area contributed by atoms with Crippen molar-refractivity contribution < 1.29 is 19.1 Å². The first-order valence-corrected chi connectivity index (χ1v) is 9.02. The monoisotopic (exact) mass is 336 g/mol. The maximum atomic E-state index is 11.9. The highest BCUT2D eigenvalue weighted by atomic mass is 16.5. The molecule has 1 aliphatic rings. The Kier molecular flexibility index (Phi) is 11.6. The summed E-state index contributed by atoms with van der Waals surface area (Å²) in [6.07, 6.45) is 3.11. The maximum Gasteiger partial charge on any atom is 0.337 e. The van der Waals surface area contributed by atoms with Crippen LogP contribution in [0.2, 0.25) is 0 Å². The van der Waals surface area contributed by atoms with Gasteiger partial charge in [-0.3, -0.25) is 4.79 Å². The van der Waals surface area contributed by atoms with E-state index in [2.05, 4.69) is 0 Å². The summed E-state index contributed by atoms with van der Waals surface area (Å²) in [6, 6.07) is 5.54. The van der Waals surface area contributed by atoms with Gasteiger partial charge in [0, 0.05) is 0 Å². The molecule has 4 heteroatoms. The van der Waals surface area contributed by atoms with Crippen LogP contribution in [0.3, 0.4) is 0 Å². The van der Waals surface area contributed by atoms with Crippen molar-refractivity contribution in [3.05, 3.63) is 34.9 Å². The van der Waals surface area contributed by atoms with Gasteiger partial charge in [-0.2, -0.15) is 0 Å². The summed E-state index contributed by atoms with van der Waals surface area (Å²) in [5, 5.41) is 0. The Morgan fingerprint density at radius 1 is 1.12 bits per heavy atom. The lowest BCUT2D eigenvalue weighted by Crippen LogP contribution is -2.25. The van der Waals surface area contributed by atoms with E-state index in [0.717, 1.165) is 30.4 Å². The van der Waals surface area contributed by atoms with Gasteiger partial charge in [-0.25, -0.2) is 4.79 Å². The minimum atomic E-state index is -0.322. The van der Waals surface area contributed by atoms with Gasteiger partial charge < -0.3 is 9.47 Å². The first-order valence-electron chi connectivity index (χ1n) is 9.02. The zero-order valence-corrected chi connectivity index (χ0v) is 16.0. The van der Waals surface area contributed by atoms with Crippen LogP contribution in [0.25, 0.3) is 0 Å². The highest BCUT2D eigenvalue weighted by Crippen LogP contribution is 2.27. The van der Waals surface area contributed by atoms with Gasteiger partial charge in [0.25, 0.3) is 0 Å². The van der Waals surface area contributed by atoms with Crippen LogP contribution in [0.15, 0.2) is 18.2 Å². The Hall–Kier alpha value is -1.84. The molecule has 0 spiro atoms. The fraction of sp³-hybridized carbons (Fsp3) is 0.600. The van der Waals surface area contributed by atoms with Crippen LogP contribution in [-0.2, 0) is 27.1 Å². The van der Waals surface area contributed by atoms with E-state index < -0.39 is 0 Å². The highest BCUT2D eigenvalue weighted by Gasteiger charge is 2.26. The van der Waals surface area contributed by atoms with Gasteiger partial charge in [0.05, 0.1) is 25.2 Å². The first kappa shape index (κ1) is 22.2. The van der Waals surface area contributed by atoms with Gasteiger partial charge in [-0.15, -0.1) is 0 Å². The van der Waals surface area contributed by atoms with Gasteiger partial charge >= 0.3 is 11.9 Å². The SMILES string of the molecule is CC.CC.CCCOC(=O)C1CCc2cc(C(=O)OC)ccc2C1. The summed E-state index contributed by atoms with van der Waals surface area (Å²) in [7, 11) is 1.38. The smallest absolute Gasteiger partial charge is 0.337 e. The number of carbonyl (C=O) groups excluding carboxylic acids is 2. The second-order valence-electron chi connectivity index (χ2n) is 5.08. The van der Waals surface area contributed by atoms with E-state index in [0.29, 0.717) is 18.6 Å². The number of fused-ring (bicyclic) bond motifs is 1. The summed E-state index contributed by atoms with van der Waals surface area (Å²) >= 11 is 0. The lowest BCUT2D eigenvalue weighted by Gasteiger charge is -2.23. The van der Waals surface area contributed by atoms with Crippen molar-refractivity contribution in [3.63, 3.8) is 0 Å². The molecular weight excluding hydrogens is 304 g/mol. The molecule has 136 valence electrons. The molecule has 0 fully saturated rings. The van der Waals surface area contributed by atoms with Crippen molar-refractivity contribution in [1.29, 1.82) is 0 Å². The number of ether oxygens (including phenoxy) is 2. The van der Waals surface area contributed by atoms with E-state index in [9.17, 15) is 9.59 Å². The molecule has 0 bridgehead atoms. The summed E-state index contributed by atoms with van der Waals surface area (Å²) < 4.78 is 9.93. The van der Waals surface area contributed by atoms with Crippen LogP contribution in [0.1, 0.15) is 68.9 Å². The highest BCUT2D eigenvalue weighted by molar-refractivity contribution is 5.89.